The van der Waals surface area contributed by atoms with Crippen molar-refractivity contribution >= 4 is 23.7 Å². The number of carboxylic acids is 1. The van der Waals surface area contributed by atoms with E-state index in [1.54, 1.807) is 6.07 Å². The second kappa shape index (κ2) is 6.20. The average Bonchev–Trinajstić information content (AvgIpc) is 2.51. The van der Waals surface area contributed by atoms with E-state index in [-0.39, 0.29) is 17.7 Å². The Labute approximate surface area is 133 Å². The van der Waals surface area contributed by atoms with Gasteiger partial charge in [0.15, 0.2) is 5.41 Å². The van der Waals surface area contributed by atoms with Gasteiger partial charge in [-0.1, -0.05) is 31.5 Å². The van der Waals surface area contributed by atoms with Crippen molar-refractivity contribution in [2.75, 3.05) is 6.54 Å². The smallest absolute Gasteiger partial charge is 0.324 e. The first-order valence-corrected chi connectivity index (χ1v) is 7.33. The SMILES string of the molecule is CCCCN1C(=O)c2ccccc2C(CC(N)=O)(C(=O)O)C1=O. The molecule has 0 spiro atoms. The summed E-state index contributed by atoms with van der Waals surface area (Å²) in [4.78, 5) is 49.6. The lowest BCUT2D eigenvalue weighted by Gasteiger charge is -2.38. The fraction of sp³-hybridized carbons (Fsp3) is 0.375. The van der Waals surface area contributed by atoms with Crippen LogP contribution in [0.5, 0.6) is 0 Å². The minimum Gasteiger partial charge on any atom is -0.480 e. The van der Waals surface area contributed by atoms with Crippen molar-refractivity contribution in [1.82, 2.24) is 4.90 Å². The number of carboxylic acid groups (broad SMARTS) is 1. The molecule has 1 unspecified atom stereocenters. The van der Waals surface area contributed by atoms with Gasteiger partial charge in [0, 0.05) is 12.1 Å². The van der Waals surface area contributed by atoms with Gasteiger partial charge in [0.1, 0.15) is 0 Å². The molecule has 1 aromatic rings. The molecule has 0 fully saturated rings. The molecule has 0 aliphatic carbocycles. The molecule has 0 saturated heterocycles. The van der Waals surface area contributed by atoms with Gasteiger partial charge in [0.2, 0.25) is 5.91 Å². The highest BCUT2D eigenvalue weighted by molar-refractivity contribution is 6.22. The summed E-state index contributed by atoms with van der Waals surface area (Å²) in [6.07, 6.45) is 0.592. The topological polar surface area (TPSA) is 118 Å². The molecule has 122 valence electrons. The normalized spacial score (nSPS) is 20.3. The molecule has 0 saturated carbocycles. The van der Waals surface area contributed by atoms with Crippen LogP contribution in [0.15, 0.2) is 24.3 Å². The molecule has 0 radical (unpaired) electrons. The fourth-order valence-corrected chi connectivity index (χ4v) is 2.86. The standard InChI is InChI=1S/C16H18N2O5/c1-2-3-8-18-13(20)10-6-4-5-7-11(10)16(14(18)21,15(22)23)9-12(17)19/h4-7H,2-3,8-9H2,1H3,(H2,17,19)(H,22,23). The monoisotopic (exact) mass is 318 g/mol. The summed E-state index contributed by atoms with van der Waals surface area (Å²) in [7, 11) is 0. The van der Waals surface area contributed by atoms with Crippen LogP contribution < -0.4 is 5.73 Å². The van der Waals surface area contributed by atoms with Gasteiger partial charge in [-0.2, -0.15) is 0 Å². The second-order valence-electron chi connectivity index (χ2n) is 5.51. The molecule has 3 N–H and O–H groups in total. The number of hydrogen-bond donors (Lipinski definition) is 2. The summed E-state index contributed by atoms with van der Waals surface area (Å²) in [6.45, 7) is 2.00. The van der Waals surface area contributed by atoms with Crippen LogP contribution in [-0.2, 0) is 19.8 Å². The molecule has 0 bridgehead atoms. The third kappa shape index (κ3) is 2.58. The molecule has 1 heterocycles. The first-order valence-electron chi connectivity index (χ1n) is 7.33. The molecular weight excluding hydrogens is 300 g/mol. The second-order valence-corrected chi connectivity index (χ2v) is 5.51. The van der Waals surface area contributed by atoms with E-state index in [9.17, 15) is 24.3 Å². The summed E-state index contributed by atoms with van der Waals surface area (Å²) in [6, 6.07) is 5.96. The van der Waals surface area contributed by atoms with E-state index >= 15 is 0 Å². The number of nitrogens with zero attached hydrogens (tertiary/aromatic N) is 1. The highest BCUT2D eigenvalue weighted by atomic mass is 16.4. The predicted molar refractivity (Wildman–Crippen MR) is 80.5 cm³/mol. The molecule has 2 rings (SSSR count). The van der Waals surface area contributed by atoms with Gasteiger partial charge in [-0.15, -0.1) is 0 Å². The highest BCUT2D eigenvalue weighted by Crippen LogP contribution is 2.38. The minimum absolute atomic E-state index is 0.0223. The lowest BCUT2D eigenvalue weighted by atomic mass is 9.71. The van der Waals surface area contributed by atoms with Gasteiger partial charge in [0.25, 0.3) is 11.8 Å². The molecule has 23 heavy (non-hydrogen) atoms. The van der Waals surface area contributed by atoms with Gasteiger partial charge in [-0.3, -0.25) is 24.1 Å². The molecule has 7 heteroatoms. The van der Waals surface area contributed by atoms with Crippen molar-refractivity contribution in [3.63, 3.8) is 0 Å². The molecule has 1 aliphatic rings. The Kier molecular flexibility index (Phi) is 4.49. The first kappa shape index (κ1) is 16.7. The summed E-state index contributed by atoms with van der Waals surface area (Å²) in [5.74, 6) is -3.84. The number of carbonyl (C=O) groups excluding carboxylic acids is 3. The van der Waals surface area contributed by atoms with Crippen molar-refractivity contribution in [1.29, 1.82) is 0 Å². The Balaban J connectivity index is 2.69. The Morgan fingerprint density at radius 3 is 2.48 bits per heavy atom. The number of benzene rings is 1. The van der Waals surface area contributed by atoms with Crippen molar-refractivity contribution < 1.29 is 24.3 Å². The van der Waals surface area contributed by atoms with Gasteiger partial charge < -0.3 is 10.8 Å². The van der Waals surface area contributed by atoms with Gasteiger partial charge >= 0.3 is 5.97 Å². The van der Waals surface area contributed by atoms with Crippen LogP contribution in [0.25, 0.3) is 0 Å². The van der Waals surface area contributed by atoms with Crippen LogP contribution in [-0.4, -0.2) is 40.2 Å². The van der Waals surface area contributed by atoms with E-state index in [2.05, 4.69) is 0 Å². The Bertz CT molecular complexity index is 685. The zero-order valence-corrected chi connectivity index (χ0v) is 12.7. The van der Waals surface area contributed by atoms with E-state index in [1.807, 2.05) is 6.92 Å². The largest absolute Gasteiger partial charge is 0.480 e. The molecule has 0 aromatic heterocycles. The van der Waals surface area contributed by atoms with Crippen LogP contribution in [0.2, 0.25) is 0 Å². The maximum Gasteiger partial charge on any atom is 0.324 e. The Morgan fingerprint density at radius 2 is 1.91 bits per heavy atom. The predicted octanol–water partition coefficient (Wildman–Crippen LogP) is 0.667. The summed E-state index contributed by atoms with van der Waals surface area (Å²) in [5.41, 5.74) is 3.18. The first-order chi connectivity index (χ1) is 10.9. The molecular formula is C16H18N2O5. The maximum absolute atomic E-state index is 12.8. The number of imide groups is 1. The van der Waals surface area contributed by atoms with Gasteiger partial charge in [0.05, 0.1) is 6.42 Å². The van der Waals surface area contributed by atoms with Crippen LogP contribution in [0, 0.1) is 0 Å². The van der Waals surface area contributed by atoms with E-state index in [1.165, 1.54) is 18.2 Å². The number of nitrogens with two attached hydrogens (primary N) is 1. The fourth-order valence-electron chi connectivity index (χ4n) is 2.86. The number of carbonyl (C=O) groups is 4. The van der Waals surface area contributed by atoms with Gasteiger partial charge in [-0.25, -0.2) is 0 Å². The Morgan fingerprint density at radius 1 is 1.26 bits per heavy atom. The van der Waals surface area contributed by atoms with Crippen LogP contribution in [0.3, 0.4) is 0 Å². The quantitative estimate of drug-likeness (QED) is 0.590. The molecule has 1 aromatic carbocycles. The molecule has 7 nitrogen and oxygen atoms in total. The summed E-state index contributed by atoms with van der Waals surface area (Å²) in [5, 5.41) is 9.72. The van der Waals surface area contributed by atoms with E-state index in [4.69, 9.17) is 5.73 Å². The zero-order valence-electron chi connectivity index (χ0n) is 12.7. The van der Waals surface area contributed by atoms with E-state index < -0.39 is 35.5 Å². The van der Waals surface area contributed by atoms with Gasteiger partial charge in [-0.05, 0) is 18.1 Å². The number of primary amides is 1. The highest BCUT2D eigenvalue weighted by Gasteiger charge is 2.56. The third-order valence-corrected chi connectivity index (χ3v) is 4.01. The van der Waals surface area contributed by atoms with Crippen LogP contribution >= 0.6 is 0 Å². The number of hydrogen-bond acceptors (Lipinski definition) is 4. The third-order valence-electron chi connectivity index (χ3n) is 4.01. The summed E-state index contributed by atoms with van der Waals surface area (Å²) >= 11 is 0. The lowest BCUT2D eigenvalue weighted by Crippen LogP contribution is -2.59. The summed E-state index contributed by atoms with van der Waals surface area (Å²) < 4.78 is 0. The number of amides is 3. The average molecular weight is 318 g/mol. The van der Waals surface area contributed by atoms with Crippen molar-refractivity contribution in [3.8, 4) is 0 Å². The minimum atomic E-state index is -2.15. The number of rotatable bonds is 6. The van der Waals surface area contributed by atoms with Crippen LogP contribution in [0.1, 0.15) is 42.1 Å². The molecule has 1 aliphatic heterocycles. The number of aliphatic carboxylic acids is 1. The number of fused-ring (bicyclic) bond motifs is 1. The van der Waals surface area contributed by atoms with Crippen LogP contribution in [0.4, 0.5) is 0 Å². The van der Waals surface area contributed by atoms with Crippen molar-refractivity contribution in [3.05, 3.63) is 35.4 Å². The maximum atomic E-state index is 12.8. The van der Waals surface area contributed by atoms with Crippen molar-refractivity contribution in [2.24, 2.45) is 5.73 Å². The van der Waals surface area contributed by atoms with E-state index in [0.29, 0.717) is 6.42 Å². The number of unbranched alkanes of at least 4 members (excludes halogenated alkanes) is 1. The molecule has 3 amide bonds. The van der Waals surface area contributed by atoms with E-state index in [0.717, 1.165) is 11.3 Å². The molecule has 1 atom stereocenters. The Hall–Kier alpha value is -2.70. The van der Waals surface area contributed by atoms with Crippen molar-refractivity contribution in [2.45, 2.75) is 31.6 Å². The zero-order chi connectivity index (χ0) is 17.2. The lowest BCUT2D eigenvalue weighted by molar-refractivity contribution is -0.155.